The van der Waals surface area contributed by atoms with Crippen LogP contribution in [0.3, 0.4) is 0 Å². The van der Waals surface area contributed by atoms with Gasteiger partial charge in [-0.05, 0) is 6.07 Å². The van der Waals surface area contributed by atoms with Crippen LogP contribution in [-0.4, -0.2) is 18.0 Å². The van der Waals surface area contributed by atoms with Gasteiger partial charge >= 0.3 is 0 Å². The van der Waals surface area contributed by atoms with Gasteiger partial charge in [0.05, 0.1) is 17.7 Å². The molecular formula is C7H6Cl2N2O2. The van der Waals surface area contributed by atoms with E-state index in [1.165, 1.54) is 19.4 Å². The number of hydrogen-bond acceptors (Lipinski definition) is 3. The van der Waals surface area contributed by atoms with Gasteiger partial charge in [0.25, 0.3) is 5.91 Å². The van der Waals surface area contributed by atoms with E-state index >= 15 is 0 Å². The first kappa shape index (κ1) is 10.2. The summed E-state index contributed by atoms with van der Waals surface area (Å²) in [5.74, 6) is -0.423. The first-order valence-corrected chi connectivity index (χ1v) is 4.05. The molecule has 0 bridgehead atoms. The molecule has 13 heavy (non-hydrogen) atoms. The average molecular weight is 221 g/mol. The van der Waals surface area contributed by atoms with Gasteiger partial charge in [0, 0.05) is 6.20 Å². The lowest BCUT2D eigenvalue weighted by atomic mass is 10.3. The van der Waals surface area contributed by atoms with Gasteiger partial charge in [0.15, 0.2) is 0 Å². The van der Waals surface area contributed by atoms with Crippen LogP contribution >= 0.6 is 23.2 Å². The number of carbonyl (C=O) groups excluding carboxylic acids is 1. The topological polar surface area (TPSA) is 51.2 Å². The van der Waals surface area contributed by atoms with Crippen LogP contribution in [0.15, 0.2) is 12.3 Å². The molecule has 0 aliphatic rings. The van der Waals surface area contributed by atoms with E-state index in [1.54, 1.807) is 0 Å². The molecule has 0 radical (unpaired) electrons. The second-order valence-electron chi connectivity index (χ2n) is 2.13. The molecule has 1 aromatic rings. The van der Waals surface area contributed by atoms with Crippen molar-refractivity contribution in [3.05, 3.63) is 28.0 Å². The van der Waals surface area contributed by atoms with Crippen molar-refractivity contribution >= 4 is 29.1 Å². The monoisotopic (exact) mass is 220 g/mol. The summed E-state index contributed by atoms with van der Waals surface area (Å²) in [6, 6.07) is 1.41. The van der Waals surface area contributed by atoms with E-state index in [1.807, 2.05) is 0 Å². The van der Waals surface area contributed by atoms with E-state index in [2.05, 4.69) is 15.3 Å². The Morgan fingerprint density at radius 1 is 1.62 bits per heavy atom. The Bertz CT molecular complexity index is 330. The highest BCUT2D eigenvalue weighted by Gasteiger charge is 2.07. The second-order valence-corrected chi connectivity index (χ2v) is 2.90. The molecule has 0 saturated carbocycles. The minimum Gasteiger partial charge on any atom is -0.277 e. The van der Waals surface area contributed by atoms with Crippen molar-refractivity contribution in [3.8, 4) is 0 Å². The Labute approximate surface area is 84.8 Å². The van der Waals surface area contributed by atoms with E-state index in [9.17, 15) is 4.79 Å². The van der Waals surface area contributed by atoms with Gasteiger partial charge in [-0.3, -0.25) is 9.63 Å². The van der Waals surface area contributed by atoms with E-state index in [4.69, 9.17) is 23.2 Å². The molecule has 0 unspecified atom stereocenters. The van der Waals surface area contributed by atoms with Crippen LogP contribution in [0.5, 0.6) is 0 Å². The highest BCUT2D eigenvalue weighted by Crippen LogP contribution is 2.19. The predicted octanol–water partition coefficient (Wildman–Crippen LogP) is 1.68. The highest BCUT2D eigenvalue weighted by atomic mass is 35.5. The molecule has 1 rings (SSSR count). The summed E-state index contributed by atoms with van der Waals surface area (Å²) in [7, 11) is 1.34. The zero-order chi connectivity index (χ0) is 9.84. The van der Waals surface area contributed by atoms with Gasteiger partial charge in [0.1, 0.15) is 5.15 Å². The second kappa shape index (κ2) is 4.41. The fraction of sp³-hybridized carbons (Fsp3) is 0.143. The minimum atomic E-state index is -0.423. The molecule has 0 saturated heterocycles. The molecule has 0 fully saturated rings. The predicted molar refractivity (Wildman–Crippen MR) is 48.7 cm³/mol. The Balaban J connectivity index is 2.90. The third-order valence-corrected chi connectivity index (χ3v) is 1.94. The Hall–Kier alpha value is -0.840. The number of aromatic nitrogens is 1. The van der Waals surface area contributed by atoms with Crippen molar-refractivity contribution in [1.82, 2.24) is 10.5 Å². The summed E-state index contributed by atoms with van der Waals surface area (Å²) < 4.78 is 0. The summed E-state index contributed by atoms with van der Waals surface area (Å²) in [6.07, 6.45) is 1.31. The van der Waals surface area contributed by atoms with Crippen molar-refractivity contribution in [2.24, 2.45) is 0 Å². The molecule has 0 atom stereocenters. The number of nitrogens with zero attached hydrogens (tertiary/aromatic N) is 1. The van der Waals surface area contributed by atoms with Gasteiger partial charge < -0.3 is 0 Å². The summed E-state index contributed by atoms with van der Waals surface area (Å²) in [6.45, 7) is 0. The van der Waals surface area contributed by atoms with Gasteiger partial charge in [-0.15, -0.1) is 0 Å². The van der Waals surface area contributed by atoms with Crippen molar-refractivity contribution in [2.75, 3.05) is 7.11 Å². The molecule has 6 heteroatoms. The van der Waals surface area contributed by atoms with Gasteiger partial charge in [0.2, 0.25) is 0 Å². The number of amides is 1. The smallest absolute Gasteiger partial charge is 0.276 e. The fourth-order valence-corrected chi connectivity index (χ4v) is 0.967. The quantitative estimate of drug-likeness (QED) is 0.610. The highest BCUT2D eigenvalue weighted by molar-refractivity contribution is 6.41. The van der Waals surface area contributed by atoms with E-state index in [0.717, 1.165) is 0 Å². The maximum Gasteiger partial charge on any atom is 0.276 e. The summed E-state index contributed by atoms with van der Waals surface area (Å²) in [5.41, 5.74) is 2.42. The first-order chi connectivity index (χ1) is 6.15. The number of carbonyl (C=O) groups is 1. The van der Waals surface area contributed by atoms with Crippen LogP contribution in [0.1, 0.15) is 10.4 Å². The molecule has 4 nitrogen and oxygen atoms in total. The van der Waals surface area contributed by atoms with Crippen molar-refractivity contribution < 1.29 is 9.63 Å². The maximum absolute atomic E-state index is 11.1. The number of pyridine rings is 1. The molecule has 0 spiro atoms. The lowest BCUT2D eigenvalue weighted by molar-refractivity contribution is 0.0537. The Morgan fingerprint density at radius 3 is 2.85 bits per heavy atom. The molecular weight excluding hydrogens is 215 g/mol. The zero-order valence-electron chi connectivity index (χ0n) is 6.67. The zero-order valence-corrected chi connectivity index (χ0v) is 8.19. The van der Waals surface area contributed by atoms with Crippen molar-refractivity contribution in [1.29, 1.82) is 0 Å². The number of rotatable bonds is 2. The maximum atomic E-state index is 11.1. The van der Waals surface area contributed by atoms with Gasteiger partial charge in [-0.2, -0.15) is 0 Å². The normalized spacial score (nSPS) is 9.77. The van der Waals surface area contributed by atoms with Crippen LogP contribution in [0.25, 0.3) is 0 Å². The minimum absolute atomic E-state index is 0.163. The first-order valence-electron chi connectivity index (χ1n) is 3.29. The van der Waals surface area contributed by atoms with Crippen LogP contribution < -0.4 is 5.48 Å². The molecule has 1 N–H and O–H groups in total. The molecule has 1 aromatic heterocycles. The van der Waals surface area contributed by atoms with Crippen LogP contribution in [0.4, 0.5) is 0 Å². The van der Waals surface area contributed by atoms with Crippen LogP contribution in [0, 0.1) is 0 Å². The number of halogens is 2. The van der Waals surface area contributed by atoms with Crippen molar-refractivity contribution in [2.45, 2.75) is 0 Å². The number of hydroxylamine groups is 1. The number of nitrogens with one attached hydrogen (secondary N) is 1. The summed E-state index contributed by atoms with van der Waals surface area (Å²) in [5, 5.41) is 0.390. The largest absolute Gasteiger partial charge is 0.277 e. The standard InChI is InChI=1S/C7H6Cl2N2O2/c1-13-11-7(12)4-2-5(8)6(9)10-3-4/h2-3H,1H3,(H,11,12). The molecule has 0 aromatic carbocycles. The summed E-state index contributed by atoms with van der Waals surface area (Å²) >= 11 is 11.2. The van der Waals surface area contributed by atoms with Crippen LogP contribution in [-0.2, 0) is 4.84 Å². The van der Waals surface area contributed by atoms with Gasteiger partial charge in [-0.1, -0.05) is 23.2 Å². The van der Waals surface area contributed by atoms with Crippen molar-refractivity contribution in [3.63, 3.8) is 0 Å². The molecule has 0 aliphatic heterocycles. The fourth-order valence-electron chi connectivity index (χ4n) is 0.697. The molecule has 1 amide bonds. The average Bonchev–Trinajstić information content (AvgIpc) is 2.10. The van der Waals surface area contributed by atoms with E-state index in [0.29, 0.717) is 0 Å². The molecule has 0 aliphatic carbocycles. The third-order valence-electron chi connectivity index (χ3n) is 1.25. The lowest BCUT2D eigenvalue weighted by Gasteiger charge is -2.01. The van der Waals surface area contributed by atoms with E-state index < -0.39 is 5.91 Å². The van der Waals surface area contributed by atoms with E-state index in [-0.39, 0.29) is 15.7 Å². The Kier molecular flexibility index (Phi) is 3.48. The van der Waals surface area contributed by atoms with Crippen LogP contribution in [0.2, 0.25) is 10.2 Å². The lowest BCUT2D eigenvalue weighted by Crippen LogP contribution is -2.21. The Morgan fingerprint density at radius 2 is 2.31 bits per heavy atom. The van der Waals surface area contributed by atoms with Gasteiger partial charge in [-0.25, -0.2) is 10.5 Å². The number of hydrogen-bond donors (Lipinski definition) is 1. The molecule has 70 valence electrons. The summed E-state index contributed by atoms with van der Waals surface area (Å²) in [4.78, 5) is 19.3. The third kappa shape index (κ3) is 2.55. The molecule has 1 heterocycles. The SMILES string of the molecule is CONC(=O)c1cnc(Cl)c(Cl)c1.